The van der Waals surface area contributed by atoms with Crippen LogP contribution in [0.5, 0.6) is 0 Å². The summed E-state index contributed by atoms with van der Waals surface area (Å²) < 4.78 is 33.1. The van der Waals surface area contributed by atoms with E-state index in [-0.39, 0.29) is 26.2 Å². The molecule has 0 saturated carbocycles. The maximum atomic E-state index is 14.7. The van der Waals surface area contributed by atoms with E-state index in [4.69, 9.17) is 9.97 Å². The first-order chi connectivity index (χ1) is 26.8. The predicted molar refractivity (Wildman–Crippen MR) is 203 cm³/mol. The fourth-order valence-corrected chi connectivity index (χ4v) is 7.87. The molecule has 0 spiro atoms. The number of imidazole rings is 2. The predicted octanol–water partition coefficient (Wildman–Crippen LogP) is 0.483. The molecule has 0 bridgehead atoms. The number of aromatic nitrogens is 4. The van der Waals surface area contributed by atoms with Gasteiger partial charge in [0.15, 0.2) is 11.6 Å². The van der Waals surface area contributed by atoms with Gasteiger partial charge in [-0.1, -0.05) is 0 Å². The number of carbonyl (C=O) groups excluding carboxylic acids is 4. The number of likely N-dealkylation sites (tertiary alicyclic amines) is 2. The van der Waals surface area contributed by atoms with Crippen molar-refractivity contribution in [1.29, 1.82) is 0 Å². The number of carbonyl (C=O) groups is 4. The first-order valence-electron chi connectivity index (χ1n) is 19.0. The third-order valence-electron chi connectivity index (χ3n) is 10.5. The van der Waals surface area contributed by atoms with Crippen LogP contribution in [-0.2, 0) is 32.3 Å². The maximum Gasteiger partial charge on any atom is 0.248 e. The molecule has 6 rings (SSSR count). The number of hydrogen-bond acceptors (Lipinski definition) is 10. The average molecular weight is 781 g/mol. The SMILES string of the molecule is CNCC(=O)NC(C(=O)N1CCCC1Cn1c(-c2nc3cc(F)ccc3n2CC2CCCN2C(=O)C(NC(=O)CNC)C(C)O)nc2cc(F)ccc21)C(C)O. The summed E-state index contributed by atoms with van der Waals surface area (Å²) in [7, 11) is 3.20. The van der Waals surface area contributed by atoms with Gasteiger partial charge in [-0.25, -0.2) is 18.7 Å². The molecule has 2 aromatic heterocycles. The molecule has 2 aliphatic heterocycles. The van der Waals surface area contributed by atoms with Crippen LogP contribution in [-0.4, -0.2) is 139 Å². The highest BCUT2D eigenvalue weighted by Crippen LogP contribution is 2.33. The van der Waals surface area contributed by atoms with Crippen molar-refractivity contribution in [3.8, 4) is 11.6 Å². The van der Waals surface area contributed by atoms with Crippen LogP contribution in [0.2, 0.25) is 0 Å². The number of likely N-dealkylation sites (N-methyl/N-ethyl adjacent to an activating group) is 2. The molecule has 302 valence electrons. The molecule has 6 unspecified atom stereocenters. The van der Waals surface area contributed by atoms with Crippen molar-refractivity contribution < 1.29 is 38.2 Å². The molecule has 2 aliphatic rings. The minimum Gasteiger partial charge on any atom is -0.391 e. The number of nitrogens with zero attached hydrogens (tertiary/aromatic N) is 6. The normalized spacial score (nSPS) is 19.4. The fraction of sp³-hybridized carbons (Fsp3) is 0.526. The second-order valence-electron chi connectivity index (χ2n) is 14.6. The van der Waals surface area contributed by atoms with E-state index in [2.05, 4.69) is 21.3 Å². The standard InChI is InChI=1S/C38H50F2N10O6/c1-21(51)33(45-31(53)17-41-3)37(55)47-13-5-7-25(47)19-49-29-11-9-23(39)15-27(29)43-35(49)36-44-28-16-24(40)10-12-30(28)50(36)20-26-8-6-14-48(26)38(56)34(22(2)52)46-32(54)18-42-4/h9-12,15-16,21-22,25-26,33-34,41-42,51-52H,5-8,13-14,17-20H2,1-4H3,(H,45,53)(H,46,54). The van der Waals surface area contributed by atoms with Crippen molar-refractivity contribution in [3.05, 3.63) is 48.0 Å². The summed E-state index contributed by atoms with van der Waals surface area (Å²) in [6, 6.07) is 5.28. The molecule has 16 nitrogen and oxygen atoms in total. The van der Waals surface area contributed by atoms with E-state index in [0.29, 0.717) is 72.5 Å². The first-order valence-corrected chi connectivity index (χ1v) is 19.0. The van der Waals surface area contributed by atoms with Gasteiger partial charge in [-0.3, -0.25) is 19.2 Å². The molecule has 6 N–H and O–H groups in total. The van der Waals surface area contributed by atoms with E-state index < -0.39 is 71.6 Å². The van der Waals surface area contributed by atoms with E-state index in [1.54, 1.807) is 36.0 Å². The Morgan fingerprint density at radius 3 is 1.46 bits per heavy atom. The molecule has 4 heterocycles. The number of aliphatic hydroxyl groups excluding tert-OH is 2. The number of fused-ring (bicyclic) bond motifs is 2. The van der Waals surface area contributed by atoms with Gasteiger partial charge in [0.2, 0.25) is 23.6 Å². The largest absolute Gasteiger partial charge is 0.391 e. The number of rotatable bonds is 15. The number of aliphatic hydroxyl groups is 2. The Labute approximate surface area is 322 Å². The molecule has 0 aliphatic carbocycles. The smallest absolute Gasteiger partial charge is 0.248 e. The zero-order valence-corrected chi connectivity index (χ0v) is 32.0. The number of amides is 4. The van der Waals surface area contributed by atoms with Crippen molar-refractivity contribution in [2.24, 2.45) is 0 Å². The van der Waals surface area contributed by atoms with Crippen molar-refractivity contribution >= 4 is 45.7 Å². The van der Waals surface area contributed by atoms with Crippen LogP contribution in [0.1, 0.15) is 39.5 Å². The summed E-state index contributed by atoms with van der Waals surface area (Å²) in [6.45, 7) is 4.00. The molecule has 0 radical (unpaired) electrons. The molecule has 2 fully saturated rings. The second kappa shape index (κ2) is 17.4. The molecule has 6 atom stereocenters. The zero-order chi connectivity index (χ0) is 40.3. The quantitative estimate of drug-likeness (QED) is 0.0988. The van der Waals surface area contributed by atoms with E-state index in [0.717, 1.165) is 0 Å². The van der Waals surface area contributed by atoms with Crippen molar-refractivity contribution in [1.82, 2.24) is 50.2 Å². The lowest BCUT2D eigenvalue weighted by Gasteiger charge is -2.31. The van der Waals surface area contributed by atoms with Crippen LogP contribution in [0.25, 0.3) is 33.7 Å². The fourth-order valence-electron chi connectivity index (χ4n) is 7.87. The summed E-state index contributed by atoms with van der Waals surface area (Å²) in [5.41, 5.74) is 1.79. The van der Waals surface area contributed by atoms with E-state index in [1.807, 2.05) is 9.13 Å². The Balaban J connectivity index is 1.39. The van der Waals surface area contributed by atoms with Gasteiger partial charge in [0, 0.05) is 50.4 Å². The van der Waals surface area contributed by atoms with Crippen molar-refractivity contribution in [2.45, 2.75) is 89.0 Å². The van der Waals surface area contributed by atoms with Gasteiger partial charge in [-0.15, -0.1) is 0 Å². The Kier molecular flexibility index (Phi) is 12.6. The maximum absolute atomic E-state index is 14.7. The Bertz CT molecular complexity index is 1940. The van der Waals surface area contributed by atoms with Gasteiger partial charge < -0.3 is 50.4 Å². The summed E-state index contributed by atoms with van der Waals surface area (Å²) in [4.78, 5) is 65.7. The first kappa shape index (κ1) is 40.6. The summed E-state index contributed by atoms with van der Waals surface area (Å²) in [5.74, 6) is -2.11. The van der Waals surface area contributed by atoms with Gasteiger partial charge >= 0.3 is 0 Å². The third-order valence-corrected chi connectivity index (χ3v) is 10.5. The second-order valence-corrected chi connectivity index (χ2v) is 14.6. The highest BCUT2D eigenvalue weighted by Gasteiger charge is 2.39. The minimum atomic E-state index is -1.18. The van der Waals surface area contributed by atoms with E-state index >= 15 is 0 Å². The van der Waals surface area contributed by atoms with Crippen LogP contribution in [0, 0.1) is 11.6 Å². The topological polar surface area (TPSA) is 199 Å². The summed E-state index contributed by atoms with van der Waals surface area (Å²) >= 11 is 0. The molecule has 18 heteroatoms. The molecule has 4 aromatic rings. The molecular weight excluding hydrogens is 730 g/mol. The number of halogens is 2. The molecule has 2 saturated heterocycles. The highest BCUT2D eigenvalue weighted by atomic mass is 19.1. The molecule has 56 heavy (non-hydrogen) atoms. The van der Waals surface area contributed by atoms with Gasteiger partial charge in [0.25, 0.3) is 0 Å². The third kappa shape index (κ3) is 8.52. The Hall–Kier alpha value is -5.04. The highest BCUT2D eigenvalue weighted by molar-refractivity contribution is 5.90. The molecule has 2 aromatic carbocycles. The number of nitrogens with one attached hydrogen (secondary N) is 4. The van der Waals surface area contributed by atoms with Crippen molar-refractivity contribution in [3.63, 3.8) is 0 Å². The van der Waals surface area contributed by atoms with Gasteiger partial charge in [-0.2, -0.15) is 0 Å². The van der Waals surface area contributed by atoms with Crippen LogP contribution in [0.3, 0.4) is 0 Å². The van der Waals surface area contributed by atoms with Gasteiger partial charge in [0.1, 0.15) is 23.7 Å². The van der Waals surface area contributed by atoms with Crippen LogP contribution >= 0.6 is 0 Å². The van der Waals surface area contributed by atoms with Crippen LogP contribution < -0.4 is 21.3 Å². The average Bonchev–Trinajstić information content (AvgIpc) is 3.95. The lowest BCUT2D eigenvalue weighted by Crippen LogP contribution is -2.56. The minimum absolute atomic E-state index is 0.0348. The lowest BCUT2D eigenvalue weighted by atomic mass is 10.1. The summed E-state index contributed by atoms with van der Waals surface area (Å²) in [6.07, 6.45) is 0.185. The lowest BCUT2D eigenvalue weighted by molar-refractivity contribution is -0.140. The van der Waals surface area contributed by atoms with Crippen LogP contribution in [0.15, 0.2) is 36.4 Å². The zero-order valence-electron chi connectivity index (χ0n) is 32.0. The molecule has 4 amide bonds. The van der Waals surface area contributed by atoms with Crippen LogP contribution in [0.4, 0.5) is 8.78 Å². The van der Waals surface area contributed by atoms with E-state index in [1.165, 1.54) is 38.1 Å². The van der Waals surface area contributed by atoms with Crippen molar-refractivity contribution in [2.75, 3.05) is 40.3 Å². The number of benzene rings is 2. The summed E-state index contributed by atoms with van der Waals surface area (Å²) in [5, 5.41) is 31.8. The van der Waals surface area contributed by atoms with Gasteiger partial charge in [0.05, 0.1) is 47.4 Å². The van der Waals surface area contributed by atoms with E-state index in [9.17, 15) is 38.2 Å². The Morgan fingerprint density at radius 2 is 1.11 bits per heavy atom. The Morgan fingerprint density at radius 1 is 0.714 bits per heavy atom. The van der Waals surface area contributed by atoms with Gasteiger partial charge in [-0.05, 0) is 77.9 Å². The number of hydrogen-bond donors (Lipinski definition) is 6. The molecular formula is C38H50F2N10O6. The monoisotopic (exact) mass is 780 g/mol.